The van der Waals surface area contributed by atoms with Crippen molar-refractivity contribution >= 4 is 11.3 Å². The Balaban J connectivity index is 1.90. The van der Waals surface area contributed by atoms with Gasteiger partial charge in [0.25, 0.3) is 0 Å². The smallest absolute Gasteiger partial charge is 0.00512 e. The van der Waals surface area contributed by atoms with Gasteiger partial charge in [-0.3, -0.25) is 0 Å². The summed E-state index contributed by atoms with van der Waals surface area (Å²) in [5.41, 5.74) is 0.472. The van der Waals surface area contributed by atoms with E-state index in [0.29, 0.717) is 5.41 Å². The molecule has 0 spiro atoms. The Bertz CT molecular complexity index is 327. The van der Waals surface area contributed by atoms with Crippen LogP contribution in [0.25, 0.3) is 0 Å². The SMILES string of the molecule is CC(C)CNCC(C)(Cc1cccs1)C1CC1. The molecular weight excluding hydrogens is 226 g/mol. The fourth-order valence-electron chi connectivity index (χ4n) is 2.59. The van der Waals surface area contributed by atoms with Crippen molar-refractivity contribution in [1.82, 2.24) is 5.32 Å². The topological polar surface area (TPSA) is 12.0 Å². The van der Waals surface area contributed by atoms with E-state index in [4.69, 9.17) is 0 Å². The minimum absolute atomic E-state index is 0.472. The van der Waals surface area contributed by atoms with Gasteiger partial charge in [0.15, 0.2) is 0 Å². The van der Waals surface area contributed by atoms with Gasteiger partial charge in [-0.2, -0.15) is 0 Å². The van der Waals surface area contributed by atoms with Gasteiger partial charge >= 0.3 is 0 Å². The second kappa shape index (κ2) is 5.53. The Labute approximate surface area is 110 Å². The van der Waals surface area contributed by atoms with E-state index < -0.39 is 0 Å². The van der Waals surface area contributed by atoms with E-state index in [1.807, 2.05) is 11.3 Å². The van der Waals surface area contributed by atoms with Crippen molar-refractivity contribution in [2.75, 3.05) is 13.1 Å². The third-order valence-electron chi connectivity index (χ3n) is 3.80. The molecule has 1 saturated carbocycles. The maximum Gasteiger partial charge on any atom is 0.00512 e. The molecule has 2 heteroatoms. The maximum atomic E-state index is 3.66. The Morgan fingerprint density at radius 1 is 1.47 bits per heavy atom. The normalized spacial score (nSPS) is 19.5. The summed E-state index contributed by atoms with van der Waals surface area (Å²) in [6, 6.07) is 4.46. The van der Waals surface area contributed by atoms with Crippen LogP contribution in [0.4, 0.5) is 0 Å². The standard InChI is InChI=1S/C15H25NS/c1-12(2)10-16-11-15(3,13-6-7-13)9-14-5-4-8-17-14/h4-5,8,12-13,16H,6-7,9-11H2,1-3H3. The van der Waals surface area contributed by atoms with Gasteiger partial charge in [0, 0.05) is 11.4 Å². The van der Waals surface area contributed by atoms with Crippen LogP contribution in [-0.2, 0) is 6.42 Å². The molecule has 1 aromatic heterocycles. The third-order valence-corrected chi connectivity index (χ3v) is 4.68. The van der Waals surface area contributed by atoms with Crippen molar-refractivity contribution in [3.8, 4) is 0 Å². The molecule has 1 N–H and O–H groups in total. The van der Waals surface area contributed by atoms with Gasteiger partial charge < -0.3 is 5.32 Å². The summed E-state index contributed by atoms with van der Waals surface area (Å²) in [5, 5.41) is 5.86. The van der Waals surface area contributed by atoms with E-state index in [1.165, 1.54) is 25.8 Å². The van der Waals surface area contributed by atoms with Gasteiger partial charge in [0.2, 0.25) is 0 Å². The quantitative estimate of drug-likeness (QED) is 0.773. The molecule has 1 aromatic rings. The first-order chi connectivity index (χ1) is 8.10. The van der Waals surface area contributed by atoms with Crippen LogP contribution in [0.15, 0.2) is 17.5 Å². The van der Waals surface area contributed by atoms with Crippen LogP contribution in [0.3, 0.4) is 0 Å². The Kier molecular flexibility index (Phi) is 4.26. The lowest BCUT2D eigenvalue weighted by atomic mass is 9.80. The van der Waals surface area contributed by atoms with E-state index in [9.17, 15) is 0 Å². The molecule has 1 aliphatic carbocycles. The van der Waals surface area contributed by atoms with Crippen LogP contribution in [0.5, 0.6) is 0 Å². The van der Waals surface area contributed by atoms with Gasteiger partial charge in [-0.15, -0.1) is 11.3 Å². The molecule has 1 aliphatic rings. The van der Waals surface area contributed by atoms with E-state index >= 15 is 0 Å². The summed E-state index contributed by atoms with van der Waals surface area (Å²) in [6.07, 6.45) is 4.12. The second-order valence-corrected chi connectivity index (χ2v) is 7.24. The lowest BCUT2D eigenvalue weighted by Crippen LogP contribution is -2.37. The van der Waals surface area contributed by atoms with Crippen LogP contribution in [-0.4, -0.2) is 13.1 Å². The zero-order chi connectivity index (χ0) is 12.3. The van der Waals surface area contributed by atoms with Crippen molar-refractivity contribution in [3.63, 3.8) is 0 Å². The zero-order valence-electron chi connectivity index (χ0n) is 11.3. The number of thiophene rings is 1. The predicted molar refractivity (Wildman–Crippen MR) is 76.6 cm³/mol. The minimum Gasteiger partial charge on any atom is -0.316 e. The first-order valence-corrected chi connectivity index (χ1v) is 7.71. The highest BCUT2D eigenvalue weighted by Crippen LogP contribution is 2.47. The van der Waals surface area contributed by atoms with Crippen molar-refractivity contribution in [1.29, 1.82) is 0 Å². The highest BCUT2D eigenvalue weighted by atomic mass is 32.1. The molecule has 1 unspecified atom stereocenters. The van der Waals surface area contributed by atoms with Crippen LogP contribution >= 0.6 is 11.3 Å². The van der Waals surface area contributed by atoms with Crippen molar-refractivity contribution < 1.29 is 0 Å². The molecule has 1 fully saturated rings. The number of hydrogen-bond acceptors (Lipinski definition) is 2. The molecule has 96 valence electrons. The van der Waals surface area contributed by atoms with E-state index in [2.05, 4.69) is 43.6 Å². The third kappa shape index (κ3) is 3.82. The number of rotatable bonds is 7. The lowest BCUT2D eigenvalue weighted by Gasteiger charge is -2.30. The molecule has 1 atom stereocenters. The van der Waals surface area contributed by atoms with Crippen molar-refractivity contribution in [2.24, 2.45) is 17.3 Å². The zero-order valence-corrected chi connectivity index (χ0v) is 12.1. The summed E-state index contributed by atoms with van der Waals surface area (Å²) >= 11 is 1.91. The fourth-order valence-corrected chi connectivity index (χ4v) is 3.49. The minimum atomic E-state index is 0.472. The predicted octanol–water partition coefficient (Wildman–Crippen LogP) is 3.95. The average molecular weight is 251 g/mol. The van der Waals surface area contributed by atoms with E-state index in [0.717, 1.165) is 18.4 Å². The molecule has 0 saturated heterocycles. The average Bonchev–Trinajstić information content (AvgIpc) is 3.00. The first-order valence-electron chi connectivity index (χ1n) is 6.83. The molecule has 0 radical (unpaired) electrons. The highest BCUT2D eigenvalue weighted by Gasteiger charge is 2.41. The molecule has 0 aliphatic heterocycles. The van der Waals surface area contributed by atoms with Gasteiger partial charge in [-0.1, -0.05) is 26.8 Å². The van der Waals surface area contributed by atoms with Crippen LogP contribution in [0, 0.1) is 17.3 Å². The van der Waals surface area contributed by atoms with Crippen molar-refractivity contribution in [3.05, 3.63) is 22.4 Å². The van der Waals surface area contributed by atoms with Gasteiger partial charge in [0.1, 0.15) is 0 Å². The Hall–Kier alpha value is -0.340. The molecule has 0 aromatic carbocycles. The highest BCUT2D eigenvalue weighted by molar-refractivity contribution is 7.09. The largest absolute Gasteiger partial charge is 0.316 e. The molecule has 1 nitrogen and oxygen atoms in total. The molecule has 0 bridgehead atoms. The fraction of sp³-hybridized carbons (Fsp3) is 0.733. The molecule has 0 amide bonds. The Morgan fingerprint density at radius 2 is 2.24 bits per heavy atom. The summed E-state index contributed by atoms with van der Waals surface area (Å²) < 4.78 is 0. The maximum absolute atomic E-state index is 3.66. The lowest BCUT2D eigenvalue weighted by molar-refractivity contribution is 0.254. The molecule has 2 rings (SSSR count). The van der Waals surface area contributed by atoms with Gasteiger partial charge in [0.05, 0.1) is 0 Å². The monoisotopic (exact) mass is 251 g/mol. The van der Waals surface area contributed by atoms with Crippen LogP contribution in [0.2, 0.25) is 0 Å². The summed E-state index contributed by atoms with van der Waals surface area (Å²) in [5.74, 6) is 1.70. The molecule has 1 heterocycles. The first kappa shape index (κ1) is 13.1. The number of nitrogens with one attached hydrogen (secondary N) is 1. The van der Waals surface area contributed by atoms with Crippen LogP contribution < -0.4 is 5.32 Å². The van der Waals surface area contributed by atoms with Gasteiger partial charge in [-0.25, -0.2) is 0 Å². The van der Waals surface area contributed by atoms with E-state index in [-0.39, 0.29) is 0 Å². The summed E-state index contributed by atoms with van der Waals surface area (Å²) in [7, 11) is 0. The second-order valence-electron chi connectivity index (χ2n) is 6.21. The summed E-state index contributed by atoms with van der Waals surface area (Å²) in [6.45, 7) is 9.35. The van der Waals surface area contributed by atoms with Gasteiger partial charge in [-0.05, 0) is 54.5 Å². The van der Waals surface area contributed by atoms with Crippen molar-refractivity contribution in [2.45, 2.75) is 40.0 Å². The number of hydrogen-bond donors (Lipinski definition) is 1. The molecule has 17 heavy (non-hydrogen) atoms. The van der Waals surface area contributed by atoms with E-state index in [1.54, 1.807) is 4.88 Å². The molecular formula is C15H25NS. The Morgan fingerprint density at radius 3 is 2.76 bits per heavy atom. The summed E-state index contributed by atoms with van der Waals surface area (Å²) in [4.78, 5) is 1.55. The van der Waals surface area contributed by atoms with Crippen LogP contribution in [0.1, 0.15) is 38.5 Å².